The minimum atomic E-state index is 0. The maximum absolute atomic E-state index is 8.35. The Labute approximate surface area is 114 Å². The summed E-state index contributed by atoms with van der Waals surface area (Å²) in [6.07, 6.45) is 1.50. The second-order valence-corrected chi connectivity index (χ2v) is 0.204. The molecule has 0 bridgehead atoms. The molecule has 4 nitrogen and oxygen atoms in total. The van der Waals surface area contributed by atoms with Crippen molar-refractivity contribution in [1.82, 2.24) is 0 Å². The Morgan fingerprint density at radius 1 is 0.529 bits per heavy atom. The van der Waals surface area contributed by atoms with Gasteiger partial charge in [-0.1, -0.05) is 80.7 Å². The lowest BCUT2D eigenvalue weighted by Crippen LogP contribution is -1.16. The van der Waals surface area contributed by atoms with E-state index < -0.39 is 0 Å². The summed E-state index contributed by atoms with van der Waals surface area (Å²) < 4.78 is 0. The Balaban J connectivity index is -0.00000000176. The summed E-state index contributed by atoms with van der Waals surface area (Å²) in [5.74, 6) is 0. The van der Waals surface area contributed by atoms with E-state index in [1.807, 2.05) is 13.8 Å². The average molecular weight is 261 g/mol. The smallest absolute Gasteiger partial charge is 0.222 e. The maximum atomic E-state index is 8.35. The molecule has 0 aliphatic heterocycles. The SMILES string of the molecule is C.C.C.C.C.C.C.C.C.CC.N=C=O.N=C=O. The Morgan fingerprint density at radius 3 is 0.529 bits per heavy atom. The van der Waals surface area contributed by atoms with E-state index in [1.165, 1.54) is 0 Å². The van der Waals surface area contributed by atoms with Crippen molar-refractivity contribution in [2.24, 2.45) is 0 Å². The van der Waals surface area contributed by atoms with Crippen LogP contribution in [0.4, 0.5) is 0 Å². The second-order valence-electron chi connectivity index (χ2n) is 0.204. The molecule has 0 aromatic carbocycles. The highest BCUT2D eigenvalue weighted by atomic mass is 16.1. The molecule has 0 saturated heterocycles. The predicted molar refractivity (Wildman–Crippen MR) is 88.8 cm³/mol. The lowest BCUT2D eigenvalue weighted by atomic mass is 11.0. The Morgan fingerprint density at radius 2 is 0.529 bits per heavy atom. The molecule has 0 amide bonds. The van der Waals surface area contributed by atoms with Gasteiger partial charge in [0.15, 0.2) is 0 Å². The Hall–Kier alpha value is -1.24. The quantitative estimate of drug-likeness (QED) is 0.382. The number of hydrogen-bond donors (Lipinski definition) is 2. The monoisotopic (exact) mass is 260 g/mol. The highest BCUT2D eigenvalue weighted by Gasteiger charge is 1.04. The molecule has 118 valence electrons. The number of hydrogen-bond acceptors (Lipinski definition) is 4. The zero-order valence-electron chi connectivity index (χ0n) is 4.82. The van der Waals surface area contributed by atoms with Crippen molar-refractivity contribution < 1.29 is 9.59 Å². The van der Waals surface area contributed by atoms with Crippen LogP contribution in [-0.2, 0) is 9.59 Å². The van der Waals surface area contributed by atoms with Crippen molar-refractivity contribution in [3.8, 4) is 0 Å². The van der Waals surface area contributed by atoms with E-state index in [4.69, 9.17) is 20.4 Å². The fourth-order valence-electron chi connectivity index (χ4n) is 0. The van der Waals surface area contributed by atoms with Gasteiger partial charge in [-0.3, -0.25) is 0 Å². The first-order chi connectivity index (χ1) is 3.83. The molecule has 17 heavy (non-hydrogen) atoms. The van der Waals surface area contributed by atoms with Gasteiger partial charge >= 0.3 is 0 Å². The zero-order chi connectivity index (χ0) is 7.41. The van der Waals surface area contributed by atoms with E-state index >= 15 is 0 Å². The molecule has 0 unspecified atom stereocenters. The average Bonchev–Trinajstić information content (AvgIpc) is 1.75. The lowest BCUT2D eigenvalue weighted by molar-refractivity contribution is 0.562. The van der Waals surface area contributed by atoms with Gasteiger partial charge in [0, 0.05) is 0 Å². The van der Waals surface area contributed by atoms with E-state index in [0.29, 0.717) is 0 Å². The van der Waals surface area contributed by atoms with Crippen LogP contribution in [-0.4, -0.2) is 12.2 Å². The van der Waals surface area contributed by atoms with Gasteiger partial charge in [0.25, 0.3) is 0 Å². The van der Waals surface area contributed by atoms with Crippen molar-refractivity contribution in [3.63, 3.8) is 0 Å². The van der Waals surface area contributed by atoms with Crippen LogP contribution in [0.15, 0.2) is 0 Å². The van der Waals surface area contributed by atoms with Crippen LogP contribution >= 0.6 is 0 Å². The Kier molecular flexibility index (Phi) is 69100. The van der Waals surface area contributed by atoms with E-state index in [2.05, 4.69) is 0 Å². The molecule has 0 aliphatic rings. The molecule has 0 atom stereocenters. The number of carbonyl (C=O) groups excluding carboxylic acids is 2. The fraction of sp³-hybridized carbons (Fsp3) is 0.846. The van der Waals surface area contributed by atoms with E-state index in [1.54, 1.807) is 0 Å². The summed E-state index contributed by atoms with van der Waals surface area (Å²) in [7, 11) is 0. The molecular formula is C13H44N2O2. The summed E-state index contributed by atoms with van der Waals surface area (Å²) in [5.41, 5.74) is 0. The molecule has 0 spiro atoms. The normalized spacial score (nSPS) is 1.29. The van der Waals surface area contributed by atoms with Crippen molar-refractivity contribution in [2.45, 2.75) is 80.7 Å². The highest BCUT2D eigenvalue weighted by Crippen LogP contribution is 1.14. The molecule has 0 saturated carbocycles. The van der Waals surface area contributed by atoms with Crippen LogP contribution < -0.4 is 0 Å². The van der Waals surface area contributed by atoms with Gasteiger partial charge in [0.1, 0.15) is 0 Å². The molecule has 0 heterocycles. The summed E-state index contributed by atoms with van der Waals surface area (Å²) in [5, 5.41) is 10.8. The van der Waals surface area contributed by atoms with E-state index in [9.17, 15) is 0 Å². The first-order valence-corrected chi connectivity index (χ1v) is 1.91. The topological polar surface area (TPSA) is 81.8 Å². The third kappa shape index (κ3) is 1560. The Bertz CT molecular complexity index is 71.4. The van der Waals surface area contributed by atoms with Crippen LogP contribution in [0.25, 0.3) is 0 Å². The summed E-state index contributed by atoms with van der Waals surface area (Å²) in [6.45, 7) is 4.00. The molecule has 2 N–H and O–H groups in total. The standard InChI is InChI=1S/C2H6.2CHNO.9CH4/c1-2;2*2-1-3;;;;;;;;;/h1-2H3;2*2H;9*1H4. The summed E-state index contributed by atoms with van der Waals surface area (Å²) in [6, 6.07) is 0. The largest absolute Gasteiger partial charge is 0.231 e. The van der Waals surface area contributed by atoms with Crippen molar-refractivity contribution in [2.75, 3.05) is 0 Å². The molecule has 0 aromatic rings. The van der Waals surface area contributed by atoms with Crippen LogP contribution in [0, 0.1) is 10.8 Å². The van der Waals surface area contributed by atoms with Crippen LogP contribution in [0.5, 0.6) is 0 Å². The molecule has 0 aliphatic carbocycles. The first-order valence-electron chi connectivity index (χ1n) is 1.91. The van der Waals surface area contributed by atoms with Gasteiger partial charge in [0.2, 0.25) is 12.2 Å². The maximum Gasteiger partial charge on any atom is 0.231 e. The van der Waals surface area contributed by atoms with E-state index in [0.717, 1.165) is 12.2 Å². The predicted octanol–water partition coefficient (Wildman–Crippen LogP) is 6.55. The van der Waals surface area contributed by atoms with Gasteiger partial charge in [-0.15, -0.1) is 0 Å². The molecule has 0 aromatic heterocycles. The molecule has 0 rings (SSSR count). The minimum Gasteiger partial charge on any atom is -0.222 e. The third-order valence-electron chi connectivity index (χ3n) is 0. The van der Waals surface area contributed by atoms with Gasteiger partial charge in [-0.05, 0) is 0 Å². The van der Waals surface area contributed by atoms with Gasteiger partial charge in [-0.2, -0.15) is 0 Å². The molecule has 4 heteroatoms. The number of isocyanates is 2. The minimum absolute atomic E-state index is 0. The second kappa shape index (κ2) is 4840. The fourth-order valence-corrected chi connectivity index (χ4v) is 0. The zero-order valence-corrected chi connectivity index (χ0v) is 4.82. The lowest BCUT2D eigenvalue weighted by Gasteiger charge is -1.07. The number of rotatable bonds is 0. The van der Waals surface area contributed by atoms with Gasteiger partial charge in [-0.25, -0.2) is 20.4 Å². The van der Waals surface area contributed by atoms with Crippen molar-refractivity contribution in [3.05, 3.63) is 0 Å². The van der Waals surface area contributed by atoms with Gasteiger partial charge in [0.05, 0.1) is 0 Å². The summed E-state index contributed by atoms with van der Waals surface area (Å²) in [4.78, 5) is 16.7. The molecular weight excluding hydrogens is 216 g/mol. The molecule has 0 fully saturated rings. The first kappa shape index (κ1) is 243. The highest BCUT2D eigenvalue weighted by molar-refractivity contribution is 5.26. The van der Waals surface area contributed by atoms with Crippen molar-refractivity contribution >= 4 is 12.2 Å². The number of nitrogens with one attached hydrogen (secondary N) is 2. The van der Waals surface area contributed by atoms with E-state index in [-0.39, 0.29) is 66.8 Å². The van der Waals surface area contributed by atoms with Crippen LogP contribution in [0.2, 0.25) is 0 Å². The van der Waals surface area contributed by atoms with Crippen molar-refractivity contribution in [1.29, 1.82) is 10.8 Å². The summed E-state index contributed by atoms with van der Waals surface area (Å²) >= 11 is 0. The molecule has 0 radical (unpaired) electrons. The van der Waals surface area contributed by atoms with Crippen LogP contribution in [0.1, 0.15) is 80.7 Å². The third-order valence-corrected chi connectivity index (χ3v) is 0. The van der Waals surface area contributed by atoms with Crippen LogP contribution in [0.3, 0.4) is 0 Å². The van der Waals surface area contributed by atoms with Gasteiger partial charge < -0.3 is 0 Å².